The molecule has 37 heavy (non-hydrogen) atoms. The zero-order valence-electron chi connectivity index (χ0n) is 21.2. The number of carboxylic acid groups (broad SMARTS) is 1. The highest BCUT2D eigenvalue weighted by Crippen LogP contribution is 2.48. The lowest BCUT2D eigenvalue weighted by molar-refractivity contribution is 0.0698. The molecule has 2 aromatic heterocycles. The number of para-hydroxylation sites is 1. The van der Waals surface area contributed by atoms with Crippen LogP contribution >= 0.6 is 0 Å². The Kier molecular flexibility index (Phi) is 5.60. The lowest BCUT2D eigenvalue weighted by Gasteiger charge is -2.30. The third kappa shape index (κ3) is 3.90. The van der Waals surface area contributed by atoms with Crippen molar-refractivity contribution in [2.24, 2.45) is 0 Å². The molecule has 2 aliphatic heterocycles. The highest BCUT2D eigenvalue weighted by molar-refractivity contribution is 5.94. The number of carboxylic acids is 1. The molecule has 4 heterocycles. The summed E-state index contributed by atoms with van der Waals surface area (Å²) in [4.78, 5) is 30.5. The van der Waals surface area contributed by atoms with Gasteiger partial charge in [0.1, 0.15) is 5.65 Å². The standard InChI is InChI=1S/C30H30N4O3/c1-16-12-23(18(3)31-24-11-7-6-10-22(24)30(36)37)28-33-27(17(2)29(35)34(28)15-16)19-13-25-20-8-4-5-9-21(20)26(14-19)32-25/h4-12,15,18-19,25-26,31-32H,13-14H2,1-3H3,(H,36,37)/t18-,19?,25?,26?/m1/s1. The Morgan fingerprint density at radius 3 is 2.41 bits per heavy atom. The van der Waals surface area contributed by atoms with Gasteiger partial charge in [0.05, 0.1) is 17.3 Å². The zero-order chi connectivity index (χ0) is 25.8. The fourth-order valence-corrected chi connectivity index (χ4v) is 6.18. The number of hydrogen-bond donors (Lipinski definition) is 3. The molecular weight excluding hydrogens is 464 g/mol. The monoisotopic (exact) mass is 494 g/mol. The SMILES string of the molecule is Cc1cc([C@@H](C)Nc2ccccc2C(=O)O)c2nc(C3CC4NC(C3)c3ccccc34)c(C)c(=O)n2c1. The Morgan fingerprint density at radius 2 is 1.73 bits per heavy atom. The molecule has 3 N–H and O–H groups in total. The molecule has 2 bridgehead atoms. The molecule has 0 amide bonds. The van der Waals surface area contributed by atoms with Crippen LogP contribution < -0.4 is 16.2 Å². The van der Waals surface area contributed by atoms with Crippen LogP contribution in [0.25, 0.3) is 5.65 Å². The van der Waals surface area contributed by atoms with Crippen LogP contribution in [-0.2, 0) is 0 Å². The van der Waals surface area contributed by atoms with E-state index in [-0.39, 0.29) is 35.2 Å². The quantitative estimate of drug-likeness (QED) is 0.342. The summed E-state index contributed by atoms with van der Waals surface area (Å²) in [5.74, 6) is -0.815. The predicted octanol–water partition coefficient (Wildman–Crippen LogP) is 5.45. The number of piperidine rings is 1. The number of carbonyl (C=O) groups is 1. The molecular formula is C30H30N4O3. The van der Waals surface area contributed by atoms with Crippen LogP contribution in [0.4, 0.5) is 5.69 Å². The summed E-state index contributed by atoms with van der Waals surface area (Å²) in [7, 11) is 0. The van der Waals surface area contributed by atoms with E-state index in [1.165, 1.54) is 11.1 Å². The molecule has 6 rings (SSSR count). The number of aromatic carboxylic acids is 1. The Labute approximate surface area is 215 Å². The van der Waals surface area contributed by atoms with Crippen LogP contribution in [0.15, 0.2) is 65.6 Å². The summed E-state index contributed by atoms with van der Waals surface area (Å²) in [6, 6.07) is 17.7. The normalized spacial score (nSPS) is 21.0. The average molecular weight is 495 g/mol. The van der Waals surface area contributed by atoms with Gasteiger partial charge in [-0.25, -0.2) is 9.78 Å². The third-order valence-corrected chi connectivity index (χ3v) is 7.92. The Hall–Kier alpha value is -3.97. The maximum Gasteiger partial charge on any atom is 0.337 e. The number of nitrogens with one attached hydrogen (secondary N) is 2. The van der Waals surface area contributed by atoms with Crippen LogP contribution in [-0.4, -0.2) is 20.5 Å². The van der Waals surface area contributed by atoms with Crippen molar-refractivity contribution in [1.29, 1.82) is 0 Å². The zero-order valence-corrected chi connectivity index (χ0v) is 21.2. The summed E-state index contributed by atoms with van der Waals surface area (Å²) in [6.45, 7) is 5.82. The van der Waals surface area contributed by atoms with Gasteiger partial charge in [0, 0.05) is 41.0 Å². The molecule has 3 atom stereocenters. The maximum atomic E-state index is 13.6. The second kappa shape index (κ2) is 8.85. The molecule has 1 fully saturated rings. The Morgan fingerprint density at radius 1 is 1.08 bits per heavy atom. The lowest BCUT2D eigenvalue weighted by atomic mass is 9.86. The fraction of sp³-hybridized carbons (Fsp3) is 0.300. The van der Waals surface area contributed by atoms with Crippen molar-refractivity contribution in [3.63, 3.8) is 0 Å². The molecule has 7 heteroatoms. The van der Waals surface area contributed by atoms with E-state index in [0.717, 1.165) is 29.7 Å². The molecule has 2 unspecified atom stereocenters. The van der Waals surface area contributed by atoms with Crippen LogP contribution in [0, 0.1) is 13.8 Å². The van der Waals surface area contributed by atoms with Crippen LogP contribution in [0.5, 0.6) is 0 Å². The van der Waals surface area contributed by atoms with Gasteiger partial charge in [-0.1, -0.05) is 36.4 Å². The van der Waals surface area contributed by atoms with Gasteiger partial charge in [-0.3, -0.25) is 9.20 Å². The second-order valence-electron chi connectivity index (χ2n) is 10.4. The Balaban J connectivity index is 1.42. The first-order valence-corrected chi connectivity index (χ1v) is 12.8. The van der Waals surface area contributed by atoms with E-state index < -0.39 is 5.97 Å². The molecule has 0 spiro atoms. The van der Waals surface area contributed by atoms with E-state index in [1.54, 1.807) is 22.6 Å². The molecule has 188 valence electrons. The van der Waals surface area contributed by atoms with Gasteiger partial charge in [-0.2, -0.15) is 0 Å². The molecule has 4 aromatic rings. The van der Waals surface area contributed by atoms with Crippen molar-refractivity contribution in [3.8, 4) is 0 Å². The number of hydrogen-bond acceptors (Lipinski definition) is 5. The number of rotatable bonds is 5. The minimum absolute atomic E-state index is 0.0496. The molecule has 0 radical (unpaired) electrons. The highest BCUT2D eigenvalue weighted by Gasteiger charge is 2.39. The number of anilines is 1. The fourth-order valence-electron chi connectivity index (χ4n) is 6.18. The lowest BCUT2D eigenvalue weighted by Crippen LogP contribution is -2.30. The number of benzene rings is 2. The van der Waals surface area contributed by atoms with Crippen molar-refractivity contribution >= 4 is 17.3 Å². The summed E-state index contributed by atoms with van der Waals surface area (Å²) < 4.78 is 1.65. The van der Waals surface area contributed by atoms with Gasteiger partial charge in [-0.05, 0) is 68.5 Å². The van der Waals surface area contributed by atoms with Crippen molar-refractivity contribution < 1.29 is 9.90 Å². The number of pyridine rings is 1. The molecule has 0 saturated carbocycles. The van der Waals surface area contributed by atoms with Gasteiger partial charge in [0.25, 0.3) is 5.56 Å². The van der Waals surface area contributed by atoms with Crippen molar-refractivity contribution in [2.45, 2.75) is 57.7 Å². The Bertz CT molecular complexity index is 1580. The van der Waals surface area contributed by atoms with Gasteiger partial charge < -0.3 is 15.7 Å². The van der Waals surface area contributed by atoms with E-state index >= 15 is 0 Å². The predicted molar refractivity (Wildman–Crippen MR) is 143 cm³/mol. The van der Waals surface area contributed by atoms with E-state index in [2.05, 4.69) is 34.9 Å². The summed E-state index contributed by atoms with van der Waals surface area (Å²) in [5, 5.41) is 16.7. The minimum atomic E-state index is -0.988. The van der Waals surface area contributed by atoms with E-state index in [0.29, 0.717) is 16.9 Å². The smallest absolute Gasteiger partial charge is 0.337 e. The first kappa shape index (κ1) is 23.4. The van der Waals surface area contributed by atoms with Gasteiger partial charge >= 0.3 is 5.97 Å². The molecule has 7 nitrogen and oxygen atoms in total. The number of nitrogens with zero attached hydrogens (tertiary/aromatic N) is 2. The molecule has 2 aliphatic rings. The van der Waals surface area contributed by atoms with Crippen LogP contribution in [0.1, 0.15) is 87.7 Å². The minimum Gasteiger partial charge on any atom is -0.478 e. The second-order valence-corrected chi connectivity index (χ2v) is 10.4. The number of aryl methyl sites for hydroxylation is 1. The number of aromatic nitrogens is 2. The van der Waals surface area contributed by atoms with Crippen LogP contribution in [0.2, 0.25) is 0 Å². The van der Waals surface area contributed by atoms with Crippen molar-refractivity contribution in [2.75, 3.05) is 5.32 Å². The summed E-state index contributed by atoms with van der Waals surface area (Å²) in [5.41, 5.74) is 7.39. The number of fused-ring (bicyclic) bond motifs is 6. The molecule has 0 aliphatic carbocycles. The van der Waals surface area contributed by atoms with E-state index in [9.17, 15) is 14.7 Å². The van der Waals surface area contributed by atoms with Gasteiger partial charge in [-0.15, -0.1) is 0 Å². The average Bonchev–Trinajstić information content (AvgIpc) is 3.15. The largest absolute Gasteiger partial charge is 0.478 e. The maximum absolute atomic E-state index is 13.6. The third-order valence-electron chi connectivity index (χ3n) is 7.92. The van der Waals surface area contributed by atoms with Crippen molar-refractivity contribution in [3.05, 3.63) is 110 Å². The van der Waals surface area contributed by atoms with Gasteiger partial charge in [0.2, 0.25) is 0 Å². The highest BCUT2D eigenvalue weighted by atomic mass is 16.4. The molecule has 1 saturated heterocycles. The van der Waals surface area contributed by atoms with E-state index in [1.807, 2.05) is 39.1 Å². The summed E-state index contributed by atoms with van der Waals surface area (Å²) in [6.07, 6.45) is 3.64. The topological polar surface area (TPSA) is 95.7 Å². The first-order valence-electron chi connectivity index (χ1n) is 12.8. The molecule has 2 aromatic carbocycles. The van der Waals surface area contributed by atoms with E-state index in [4.69, 9.17) is 4.98 Å². The van der Waals surface area contributed by atoms with Crippen LogP contribution in [0.3, 0.4) is 0 Å². The first-order chi connectivity index (χ1) is 17.8. The van der Waals surface area contributed by atoms with Gasteiger partial charge in [0.15, 0.2) is 0 Å². The summed E-state index contributed by atoms with van der Waals surface area (Å²) >= 11 is 0. The van der Waals surface area contributed by atoms with Crippen molar-refractivity contribution in [1.82, 2.24) is 14.7 Å².